The van der Waals surface area contributed by atoms with Gasteiger partial charge in [0.05, 0.1) is 47.0 Å². The average Bonchev–Trinajstić information content (AvgIpc) is 3.35. The first-order valence-corrected chi connectivity index (χ1v) is 24.6. The van der Waals surface area contributed by atoms with Crippen LogP contribution in [0.2, 0.25) is 0 Å². The van der Waals surface area contributed by atoms with Gasteiger partial charge >= 0.3 is 29.8 Å². The van der Waals surface area contributed by atoms with Gasteiger partial charge in [-0.25, -0.2) is 24.3 Å². The minimum absolute atomic E-state index is 0.0129. The van der Waals surface area contributed by atoms with Gasteiger partial charge in [0.2, 0.25) is 0 Å². The molecule has 0 unspecified atom stereocenters. The highest BCUT2D eigenvalue weighted by molar-refractivity contribution is 5.89. The zero-order valence-corrected chi connectivity index (χ0v) is 45.7. The summed E-state index contributed by atoms with van der Waals surface area (Å²) in [6.45, 7) is 39.4. The van der Waals surface area contributed by atoms with Crippen LogP contribution in [0.25, 0.3) is 0 Å². The highest BCUT2D eigenvalue weighted by atomic mass is 17.2. The third-order valence-corrected chi connectivity index (χ3v) is 11.3. The van der Waals surface area contributed by atoms with Crippen molar-refractivity contribution in [3.05, 3.63) is 115 Å². The molecule has 0 amide bonds. The average molecular weight is 1010 g/mol. The van der Waals surface area contributed by atoms with E-state index in [0.717, 1.165) is 36.8 Å². The predicted molar refractivity (Wildman–Crippen MR) is 281 cm³/mol. The van der Waals surface area contributed by atoms with E-state index >= 15 is 0 Å². The minimum Gasteiger partial charge on any atom is -0.478 e. The molecule has 0 aromatic heterocycles. The van der Waals surface area contributed by atoms with Gasteiger partial charge in [-0.15, -0.1) is 26.3 Å². The molecule has 15 heteroatoms. The van der Waals surface area contributed by atoms with E-state index in [4.69, 9.17) is 43.2 Å². The standard InChI is InChI=1S/C19H26O6.C15H20O2.C12H22O4.C11H20O3/c1-5-7-14-8-9-16(17(20)21)15(12-14)13-25-24-11-10-23-18(22)19(3,4)6-2;1-5-9-12-10-7-8-11-13(12)17-14(16)15(3,4)6-2;1-5-7-8-15-16-10-9-14-11(13)12(3,4)6-2;1-5-7-13-8-9-14-10(12)11(3,4)6-2/h5,8-9,12H,1,6-7,10-11,13H2,2-4H3,(H,20,21);5,7-8,10-11H,1,6,9H2,2-4H3;5H,1,6-10H2,2-4H3;5H,1,6-9H2,2-4H3. The molecule has 1 N–H and O–H groups in total. The van der Waals surface area contributed by atoms with Crippen LogP contribution in [-0.4, -0.2) is 87.8 Å². The lowest BCUT2D eigenvalue weighted by Gasteiger charge is -2.21. The first kappa shape index (κ1) is 68.6. The van der Waals surface area contributed by atoms with Crippen LogP contribution in [0.1, 0.15) is 142 Å². The van der Waals surface area contributed by atoms with E-state index < -0.39 is 27.6 Å². The van der Waals surface area contributed by atoms with Crippen molar-refractivity contribution in [2.45, 2.75) is 135 Å². The molecule has 0 spiro atoms. The summed E-state index contributed by atoms with van der Waals surface area (Å²) in [6, 6.07) is 12.6. The molecule has 0 fully saturated rings. The third kappa shape index (κ3) is 29.8. The van der Waals surface area contributed by atoms with Gasteiger partial charge in [0.15, 0.2) is 0 Å². The van der Waals surface area contributed by atoms with Gasteiger partial charge in [0, 0.05) is 0 Å². The Morgan fingerprint density at radius 1 is 0.514 bits per heavy atom. The van der Waals surface area contributed by atoms with E-state index in [-0.39, 0.29) is 62.5 Å². The maximum absolute atomic E-state index is 12.0. The van der Waals surface area contributed by atoms with Gasteiger partial charge in [-0.2, -0.15) is 0 Å². The Bertz CT molecular complexity index is 1930. The Kier molecular flexibility index (Phi) is 36.4. The number of hydrogen-bond donors (Lipinski definition) is 1. The lowest BCUT2D eigenvalue weighted by molar-refractivity contribution is -0.307. The van der Waals surface area contributed by atoms with Crippen molar-refractivity contribution in [3.63, 3.8) is 0 Å². The van der Waals surface area contributed by atoms with Crippen LogP contribution < -0.4 is 4.74 Å². The summed E-state index contributed by atoms with van der Waals surface area (Å²) in [4.78, 5) is 77.6. The number of benzene rings is 2. The maximum atomic E-state index is 12.0. The number of carboxylic acids is 1. The SMILES string of the molecule is C=CCCOOCCOC(=O)C(C)(C)CC.C=CCOCCOC(=O)C(C)(C)CC.C=CCc1ccc(C(=O)O)c(COOCCOC(=O)C(C)(C)CC)c1.C=CCc1ccccc1OC(=O)C(C)(C)CC. The summed E-state index contributed by atoms with van der Waals surface area (Å²) >= 11 is 0. The van der Waals surface area contributed by atoms with E-state index in [2.05, 4.69) is 26.3 Å². The van der Waals surface area contributed by atoms with Crippen molar-refractivity contribution in [3.8, 4) is 5.75 Å². The lowest BCUT2D eigenvalue weighted by Crippen LogP contribution is -2.28. The Morgan fingerprint density at radius 3 is 1.43 bits per heavy atom. The molecule has 0 saturated heterocycles. The summed E-state index contributed by atoms with van der Waals surface area (Å²) in [6.07, 6.45) is 12.0. The molecule has 0 saturated carbocycles. The third-order valence-electron chi connectivity index (χ3n) is 11.3. The van der Waals surface area contributed by atoms with Crippen LogP contribution in [0.15, 0.2) is 93.1 Å². The van der Waals surface area contributed by atoms with E-state index in [1.807, 2.05) is 107 Å². The molecular formula is C57H88O15. The molecule has 0 aliphatic rings. The van der Waals surface area contributed by atoms with Crippen LogP contribution in [0.3, 0.4) is 0 Å². The molecule has 0 aliphatic carbocycles. The highest BCUT2D eigenvalue weighted by Crippen LogP contribution is 2.27. The fourth-order valence-corrected chi connectivity index (χ4v) is 4.71. The van der Waals surface area contributed by atoms with Crippen molar-refractivity contribution in [1.29, 1.82) is 0 Å². The van der Waals surface area contributed by atoms with Crippen molar-refractivity contribution >= 4 is 29.8 Å². The van der Waals surface area contributed by atoms with Gasteiger partial charge in [-0.1, -0.05) is 82.3 Å². The minimum atomic E-state index is -1.03. The lowest BCUT2D eigenvalue weighted by atomic mass is 9.90. The predicted octanol–water partition coefficient (Wildman–Crippen LogP) is 12.0. The molecule has 0 heterocycles. The molecule has 15 nitrogen and oxygen atoms in total. The molecule has 0 bridgehead atoms. The fourth-order valence-electron chi connectivity index (χ4n) is 4.71. The van der Waals surface area contributed by atoms with Gasteiger partial charge in [0.25, 0.3) is 0 Å². The van der Waals surface area contributed by atoms with Gasteiger partial charge in [-0.05, 0) is 129 Å². The Hall–Kier alpha value is -5.45. The number of carbonyl (C=O) groups excluding carboxylic acids is 4. The van der Waals surface area contributed by atoms with Crippen molar-refractivity contribution in [2.75, 3.05) is 52.9 Å². The molecule has 2 aromatic rings. The number of allylic oxidation sites excluding steroid dienone is 2. The number of carbonyl (C=O) groups is 5. The number of ether oxygens (including phenoxy) is 5. The van der Waals surface area contributed by atoms with Gasteiger partial charge in [-0.3, -0.25) is 19.2 Å². The van der Waals surface area contributed by atoms with Crippen LogP contribution >= 0.6 is 0 Å². The van der Waals surface area contributed by atoms with Crippen molar-refractivity contribution in [2.24, 2.45) is 21.7 Å². The van der Waals surface area contributed by atoms with Gasteiger partial charge < -0.3 is 28.8 Å². The molecular weight excluding hydrogens is 925 g/mol. The Balaban J connectivity index is 0. The van der Waals surface area contributed by atoms with E-state index in [1.165, 1.54) is 6.07 Å². The summed E-state index contributed by atoms with van der Waals surface area (Å²) in [5.41, 5.74) is 0.812. The second kappa shape index (κ2) is 38.2. The maximum Gasteiger partial charge on any atom is 0.336 e. The first-order valence-electron chi connectivity index (χ1n) is 24.6. The summed E-state index contributed by atoms with van der Waals surface area (Å²) in [5, 5.41) is 9.21. The monoisotopic (exact) mass is 1010 g/mol. The van der Waals surface area contributed by atoms with Gasteiger partial charge in [0.1, 0.15) is 45.4 Å². The zero-order chi connectivity index (χ0) is 55.2. The number of aromatic carboxylic acids is 1. The van der Waals surface area contributed by atoms with Crippen LogP contribution in [-0.2, 0) is 77.1 Å². The molecule has 2 aromatic carbocycles. The van der Waals surface area contributed by atoms with Crippen molar-refractivity contribution < 1.29 is 72.3 Å². The van der Waals surface area contributed by atoms with E-state index in [0.29, 0.717) is 57.0 Å². The normalized spacial score (nSPS) is 11.1. The second-order valence-electron chi connectivity index (χ2n) is 18.8. The molecule has 0 aliphatic heterocycles. The fraction of sp³-hybridized carbons (Fsp3) is 0.561. The van der Waals surface area contributed by atoms with Crippen molar-refractivity contribution in [1.82, 2.24) is 0 Å². The number of para-hydroxylation sites is 1. The number of esters is 4. The topological polar surface area (TPSA) is 189 Å². The molecule has 2 rings (SSSR count). The van der Waals surface area contributed by atoms with Crippen LogP contribution in [0, 0.1) is 21.7 Å². The summed E-state index contributed by atoms with van der Waals surface area (Å²) < 4.78 is 25.8. The van der Waals surface area contributed by atoms with Crippen LogP contribution in [0.5, 0.6) is 5.75 Å². The Labute approximate surface area is 431 Å². The first-order chi connectivity index (χ1) is 33.9. The quantitative estimate of drug-likeness (QED) is 0.0138. The smallest absolute Gasteiger partial charge is 0.336 e. The van der Waals surface area contributed by atoms with E-state index in [9.17, 15) is 29.1 Å². The summed E-state index contributed by atoms with van der Waals surface area (Å²) in [5.74, 6) is -1.23. The molecule has 72 heavy (non-hydrogen) atoms. The number of carboxylic acid groups (broad SMARTS) is 1. The zero-order valence-electron chi connectivity index (χ0n) is 45.7. The number of rotatable bonds is 32. The molecule has 0 radical (unpaired) electrons. The Morgan fingerprint density at radius 2 is 0.972 bits per heavy atom. The highest BCUT2D eigenvalue weighted by Gasteiger charge is 2.30. The van der Waals surface area contributed by atoms with E-state index in [1.54, 1.807) is 36.4 Å². The van der Waals surface area contributed by atoms with Crippen LogP contribution in [0.4, 0.5) is 0 Å². The largest absolute Gasteiger partial charge is 0.478 e. The second-order valence-corrected chi connectivity index (χ2v) is 18.8. The molecule has 0 atom stereocenters. The number of hydrogen-bond acceptors (Lipinski definition) is 14. The summed E-state index contributed by atoms with van der Waals surface area (Å²) in [7, 11) is 0. The molecule has 406 valence electrons.